The number of hydrogen-bond donors (Lipinski definition) is 2. The lowest BCUT2D eigenvalue weighted by molar-refractivity contribution is 0.0570. The largest absolute Gasteiger partial charge is 0.364 e. The van der Waals surface area contributed by atoms with Crippen molar-refractivity contribution in [2.24, 2.45) is 0 Å². The molecule has 1 aliphatic heterocycles. The highest BCUT2D eigenvalue weighted by Crippen LogP contribution is 2.31. The lowest BCUT2D eigenvalue weighted by Gasteiger charge is -2.16. The summed E-state index contributed by atoms with van der Waals surface area (Å²) in [5.74, 6) is 2.02. The average molecular weight is 502 g/mol. The normalized spacial score (nSPS) is 16.9. The van der Waals surface area contributed by atoms with Crippen LogP contribution in [0.5, 0.6) is 0 Å². The molecule has 1 saturated carbocycles. The molecule has 2 aliphatic rings. The minimum atomic E-state index is -3.08. The predicted octanol–water partition coefficient (Wildman–Crippen LogP) is 5.13. The number of halogens is 3. The Labute approximate surface area is 205 Å². The second-order valence-electron chi connectivity index (χ2n) is 8.87. The number of fused-ring (bicyclic) bond motifs is 1. The highest BCUT2D eigenvalue weighted by Gasteiger charge is 2.25. The molecule has 184 valence electrons. The first-order valence-electron chi connectivity index (χ1n) is 11.6. The summed E-state index contributed by atoms with van der Waals surface area (Å²) in [5, 5.41) is 5.75. The van der Waals surface area contributed by atoms with Crippen LogP contribution in [0.3, 0.4) is 0 Å². The molecule has 2 N–H and O–H groups in total. The third-order valence-corrected chi connectivity index (χ3v) is 7.10. The molecule has 0 bridgehead atoms. The third-order valence-electron chi connectivity index (χ3n) is 6.20. The molecule has 35 heavy (non-hydrogen) atoms. The number of aryl methyl sites for hydroxylation is 1. The Balaban J connectivity index is 1.53. The summed E-state index contributed by atoms with van der Waals surface area (Å²) in [5.41, 5.74) is 5.26. The molecule has 6 nitrogen and oxygen atoms in total. The Morgan fingerprint density at radius 2 is 2.11 bits per heavy atom. The van der Waals surface area contributed by atoms with Crippen LogP contribution in [-0.4, -0.2) is 57.0 Å². The number of alkyl halides is 3. The van der Waals surface area contributed by atoms with Gasteiger partial charge in [-0.1, -0.05) is 12.1 Å². The van der Waals surface area contributed by atoms with Crippen molar-refractivity contribution in [3.05, 3.63) is 53.5 Å². The van der Waals surface area contributed by atoms with E-state index < -0.39 is 19.1 Å². The van der Waals surface area contributed by atoms with Crippen molar-refractivity contribution >= 4 is 34.7 Å². The van der Waals surface area contributed by atoms with Gasteiger partial charge < -0.3 is 10.6 Å². The number of aromatic nitrogens is 3. The van der Waals surface area contributed by atoms with E-state index in [2.05, 4.69) is 26.7 Å². The van der Waals surface area contributed by atoms with Gasteiger partial charge in [-0.15, -0.1) is 0 Å². The van der Waals surface area contributed by atoms with Gasteiger partial charge in [0.15, 0.2) is 17.6 Å². The molecule has 5 rings (SSSR count). The maximum absolute atomic E-state index is 13.7. The van der Waals surface area contributed by atoms with Crippen LogP contribution in [0.25, 0.3) is 22.5 Å². The number of allylic oxidation sites excluding steroid dienone is 1. The highest BCUT2D eigenvalue weighted by molar-refractivity contribution is 7.99. The molecular formula is C25H26F3N5OS. The molecule has 1 fully saturated rings. The van der Waals surface area contributed by atoms with E-state index in [0.29, 0.717) is 16.9 Å². The Kier molecular flexibility index (Phi) is 6.73. The number of carbonyl (C=O) groups excluding carboxylic acids is 1. The van der Waals surface area contributed by atoms with Gasteiger partial charge in [0, 0.05) is 29.1 Å². The average Bonchev–Trinajstić information content (AvgIpc) is 3.57. The van der Waals surface area contributed by atoms with Crippen LogP contribution in [0.15, 0.2) is 36.7 Å². The van der Waals surface area contributed by atoms with Crippen molar-refractivity contribution in [3.8, 4) is 11.3 Å². The second kappa shape index (κ2) is 9.93. The number of benzene rings is 1. The van der Waals surface area contributed by atoms with Crippen molar-refractivity contribution < 1.29 is 18.0 Å². The van der Waals surface area contributed by atoms with E-state index in [-0.39, 0.29) is 17.8 Å². The number of anilines is 1. The van der Waals surface area contributed by atoms with Crippen molar-refractivity contribution in [2.45, 2.75) is 44.8 Å². The molecule has 0 saturated heterocycles. The zero-order valence-corrected chi connectivity index (χ0v) is 20.0. The number of nitrogens with one attached hydrogen (secondary N) is 2. The zero-order valence-electron chi connectivity index (χ0n) is 19.2. The number of thioether (sulfide) groups is 1. The van der Waals surface area contributed by atoms with Crippen LogP contribution < -0.4 is 10.6 Å². The van der Waals surface area contributed by atoms with Crippen LogP contribution in [0.2, 0.25) is 0 Å². The van der Waals surface area contributed by atoms with Crippen molar-refractivity contribution in [2.75, 3.05) is 23.4 Å². The molecule has 3 aromatic rings. The standard InChI is InChI=1S/C25H26F3N5OS/c1-14-10-16(2-5-18(14)25(34)31-17-3-4-17)21-12-30-24-23(29-11-19(26)22(27)28)32-20(13-33(21)24)15-6-8-35-9-7-15/h2,5-6,10,12-13,17,19,22H,3-4,7-9,11H2,1H3,(H,29,32)(H,31,34). The van der Waals surface area contributed by atoms with Crippen molar-refractivity contribution in [1.29, 1.82) is 0 Å². The van der Waals surface area contributed by atoms with Crippen molar-refractivity contribution in [3.63, 3.8) is 0 Å². The molecule has 10 heteroatoms. The zero-order chi connectivity index (χ0) is 24.5. The van der Waals surface area contributed by atoms with Gasteiger partial charge in [-0.25, -0.2) is 23.1 Å². The maximum Gasteiger partial charge on any atom is 0.271 e. The number of amides is 1. The first-order valence-corrected chi connectivity index (χ1v) is 12.8. The summed E-state index contributed by atoms with van der Waals surface area (Å²) in [7, 11) is 0. The summed E-state index contributed by atoms with van der Waals surface area (Å²) in [4.78, 5) is 21.6. The van der Waals surface area contributed by atoms with Crippen molar-refractivity contribution in [1.82, 2.24) is 19.7 Å². The van der Waals surface area contributed by atoms with Crippen LogP contribution in [-0.2, 0) is 0 Å². The van der Waals surface area contributed by atoms with Gasteiger partial charge in [0.05, 0.1) is 24.1 Å². The quantitative estimate of drug-likeness (QED) is 0.448. The fourth-order valence-electron chi connectivity index (χ4n) is 4.09. The number of imidazole rings is 1. The minimum absolute atomic E-state index is 0.0745. The summed E-state index contributed by atoms with van der Waals surface area (Å²) >= 11 is 1.83. The van der Waals surface area contributed by atoms with E-state index in [1.807, 2.05) is 41.4 Å². The van der Waals surface area contributed by atoms with Crippen LogP contribution in [0, 0.1) is 6.92 Å². The van der Waals surface area contributed by atoms with Gasteiger partial charge in [-0.2, -0.15) is 11.8 Å². The molecular weight excluding hydrogens is 475 g/mol. The Hall–Kier alpha value is -3.01. The van der Waals surface area contributed by atoms with E-state index in [9.17, 15) is 18.0 Å². The van der Waals surface area contributed by atoms with E-state index >= 15 is 0 Å². The van der Waals surface area contributed by atoms with Gasteiger partial charge in [0.25, 0.3) is 12.3 Å². The Morgan fingerprint density at radius 1 is 1.29 bits per heavy atom. The Bertz CT molecular complexity index is 1290. The number of rotatable bonds is 8. The van der Waals surface area contributed by atoms with Gasteiger partial charge in [-0.3, -0.25) is 9.20 Å². The summed E-state index contributed by atoms with van der Waals surface area (Å²) < 4.78 is 41.0. The number of nitrogens with zero attached hydrogens (tertiary/aromatic N) is 3. The number of carbonyl (C=O) groups is 1. The molecule has 0 spiro atoms. The molecule has 0 radical (unpaired) electrons. The number of hydrogen-bond acceptors (Lipinski definition) is 5. The Morgan fingerprint density at radius 3 is 2.80 bits per heavy atom. The highest BCUT2D eigenvalue weighted by atomic mass is 32.2. The SMILES string of the molecule is Cc1cc(-c2cnc3c(NCC(F)C(F)F)nc(C4=CCSCC4)cn23)ccc1C(=O)NC1CC1. The predicted molar refractivity (Wildman–Crippen MR) is 133 cm³/mol. The second-order valence-corrected chi connectivity index (χ2v) is 10.0. The topological polar surface area (TPSA) is 71.3 Å². The molecule has 1 aromatic carbocycles. The molecule has 1 aliphatic carbocycles. The van der Waals surface area contributed by atoms with Crippen LogP contribution >= 0.6 is 11.8 Å². The van der Waals surface area contributed by atoms with Gasteiger partial charge in [0.1, 0.15) is 0 Å². The third kappa shape index (κ3) is 5.17. The smallest absolute Gasteiger partial charge is 0.271 e. The van der Waals surface area contributed by atoms with Crippen LogP contribution in [0.4, 0.5) is 19.0 Å². The minimum Gasteiger partial charge on any atom is -0.364 e. The van der Waals surface area contributed by atoms with Crippen LogP contribution in [0.1, 0.15) is 40.9 Å². The fourth-order valence-corrected chi connectivity index (χ4v) is 4.94. The maximum atomic E-state index is 13.7. The summed E-state index contributed by atoms with van der Waals surface area (Å²) in [6.45, 7) is 1.33. The molecule has 1 amide bonds. The molecule has 1 unspecified atom stereocenters. The first-order chi connectivity index (χ1) is 16.9. The lowest BCUT2D eigenvalue weighted by atomic mass is 10.0. The van der Waals surface area contributed by atoms with E-state index in [1.165, 1.54) is 0 Å². The summed E-state index contributed by atoms with van der Waals surface area (Å²) in [6, 6.07) is 5.89. The summed E-state index contributed by atoms with van der Waals surface area (Å²) in [6.07, 6.45) is 3.16. The van der Waals surface area contributed by atoms with E-state index in [0.717, 1.165) is 53.2 Å². The van der Waals surface area contributed by atoms with E-state index in [4.69, 9.17) is 0 Å². The molecule has 1 atom stereocenters. The van der Waals surface area contributed by atoms with Gasteiger partial charge in [0.2, 0.25) is 0 Å². The fraction of sp³-hybridized carbons (Fsp3) is 0.400. The van der Waals surface area contributed by atoms with Gasteiger partial charge >= 0.3 is 0 Å². The lowest BCUT2D eigenvalue weighted by Crippen LogP contribution is -2.26. The monoisotopic (exact) mass is 501 g/mol. The molecule has 3 heterocycles. The van der Waals surface area contributed by atoms with E-state index in [1.54, 1.807) is 12.3 Å². The van der Waals surface area contributed by atoms with Gasteiger partial charge in [-0.05, 0) is 55.2 Å². The first kappa shape index (κ1) is 23.7. The molecule has 2 aromatic heterocycles.